The van der Waals surface area contributed by atoms with Crippen LogP contribution in [0.15, 0.2) is 17.1 Å². The fourth-order valence-electron chi connectivity index (χ4n) is 2.82. The number of rotatable bonds is 5. The first-order valence-corrected chi connectivity index (χ1v) is 8.12. The van der Waals surface area contributed by atoms with E-state index in [0.717, 1.165) is 11.3 Å². The molecule has 7 nitrogen and oxygen atoms in total. The Morgan fingerprint density at radius 3 is 2.96 bits per heavy atom. The summed E-state index contributed by atoms with van der Waals surface area (Å²) in [4.78, 5) is 29.1. The molecule has 8 heteroatoms. The van der Waals surface area contributed by atoms with Crippen molar-refractivity contribution in [2.24, 2.45) is 4.99 Å². The number of amides is 1. The molecule has 2 aliphatic rings. The number of nitrogens with zero attached hydrogens (tertiary/aromatic N) is 2. The molecule has 2 aliphatic heterocycles. The molecular formula is C16H18ClN3O4. The number of benzene rings is 1. The predicted molar refractivity (Wildman–Crippen MR) is 88.4 cm³/mol. The van der Waals surface area contributed by atoms with Crippen molar-refractivity contribution in [1.29, 1.82) is 0 Å². The number of hydrogen-bond donors (Lipinski definition) is 1. The molecule has 2 heterocycles. The van der Waals surface area contributed by atoms with Crippen molar-refractivity contribution in [2.75, 3.05) is 13.2 Å². The lowest BCUT2D eigenvalue weighted by atomic mass is 10.1. The Hall–Kier alpha value is -2.28. The first kappa shape index (κ1) is 16.6. The van der Waals surface area contributed by atoms with E-state index in [1.807, 2.05) is 11.8 Å². The van der Waals surface area contributed by atoms with Crippen LogP contribution < -0.4 is 10.1 Å². The van der Waals surface area contributed by atoms with Gasteiger partial charge in [0.2, 0.25) is 11.9 Å². The average molecular weight is 352 g/mol. The Kier molecular flexibility index (Phi) is 4.62. The van der Waals surface area contributed by atoms with Gasteiger partial charge in [0.05, 0.1) is 17.3 Å². The third-order valence-electron chi connectivity index (χ3n) is 3.96. The van der Waals surface area contributed by atoms with E-state index in [0.29, 0.717) is 29.7 Å². The highest BCUT2D eigenvalue weighted by Crippen LogP contribution is 2.39. The highest BCUT2D eigenvalue weighted by Gasteiger charge is 2.38. The number of carbonyl (C=O) groups is 2. The molecule has 0 aliphatic carbocycles. The highest BCUT2D eigenvalue weighted by molar-refractivity contribution is 6.33. The van der Waals surface area contributed by atoms with Crippen LogP contribution in [0.4, 0.5) is 5.69 Å². The van der Waals surface area contributed by atoms with Crippen LogP contribution in [-0.4, -0.2) is 42.0 Å². The third kappa shape index (κ3) is 3.03. The third-order valence-corrected chi connectivity index (χ3v) is 4.37. The fraction of sp³-hybridized carbons (Fsp3) is 0.438. The molecule has 0 aromatic heterocycles. The molecule has 1 unspecified atom stereocenters. The monoisotopic (exact) mass is 351 g/mol. The van der Waals surface area contributed by atoms with Crippen LogP contribution in [-0.2, 0) is 20.9 Å². The molecular weight excluding hydrogens is 334 g/mol. The van der Waals surface area contributed by atoms with Gasteiger partial charge in [0.1, 0.15) is 25.0 Å². The van der Waals surface area contributed by atoms with Crippen LogP contribution in [0.25, 0.3) is 0 Å². The number of carbonyl (C=O) groups excluding carboxylic acids is 2. The van der Waals surface area contributed by atoms with Gasteiger partial charge in [-0.3, -0.25) is 14.9 Å². The Morgan fingerprint density at radius 2 is 2.25 bits per heavy atom. The van der Waals surface area contributed by atoms with Crippen LogP contribution >= 0.6 is 11.6 Å². The Balaban J connectivity index is 1.78. The summed E-state index contributed by atoms with van der Waals surface area (Å²) in [5.41, 5.74) is 1.54. The van der Waals surface area contributed by atoms with E-state index in [-0.39, 0.29) is 31.1 Å². The number of guanidine groups is 1. The van der Waals surface area contributed by atoms with Crippen LogP contribution in [0.1, 0.15) is 25.8 Å². The van der Waals surface area contributed by atoms with Gasteiger partial charge in [0.15, 0.2) is 0 Å². The summed E-state index contributed by atoms with van der Waals surface area (Å²) in [7, 11) is 0. The first-order chi connectivity index (χ1) is 11.5. The van der Waals surface area contributed by atoms with E-state index in [4.69, 9.17) is 21.1 Å². The Bertz CT molecular complexity index is 720. The van der Waals surface area contributed by atoms with E-state index >= 15 is 0 Å². The zero-order valence-corrected chi connectivity index (χ0v) is 14.2. The SMILES string of the molecule is CCC1C(=O)NC2=Nc3ccc(OCCOC(C)=O)c(Cl)c3CN21. The van der Waals surface area contributed by atoms with E-state index in [1.54, 1.807) is 12.1 Å². The second-order valence-electron chi connectivity index (χ2n) is 5.54. The molecule has 1 N–H and O–H groups in total. The van der Waals surface area contributed by atoms with Crippen molar-refractivity contribution in [1.82, 2.24) is 10.2 Å². The van der Waals surface area contributed by atoms with E-state index in [1.165, 1.54) is 6.92 Å². The summed E-state index contributed by atoms with van der Waals surface area (Å²) in [5.74, 6) is 0.679. The lowest BCUT2D eigenvalue weighted by molar-refractivity contribution is -0.141. The van der Waals surface area contributed by atoms with Crippen molar-refractivity contribution >= 4 is 35.1 Å². The number of halogens is 1. The van der Waals surface area contributed by atoms with Crippen molar-refractivity contribution < 1.29 is 19.1 Å². The van der Waals surface area contributed by atoms with Gasteiger partial charge in [-0.1, -0.05) is 18.5 Å². The largest absolute Gasteiger partial charge is 0.488 e. The molecule has 1 atom stereocenters. The maximum absolute atomic E-state index is 12.0. The normalized spacial score (nSPS) is 18.5. The molecule has 1 aromatic carbocycles. The molecule has 0 spiro atoms. The quantitative estimate of drug-likeness (QED) is 0.648. The number of aliphatic imine (C=N–C) groups is 1. The molecule has 24 heavy (non-hydrogen) atoms. The minimum atomic E-state index is -0.353. The molecule has 0 bridgehead atoms. The lowest BCUT2D eigenvalue weighted by Gasteiger charge is -2.28. The number of ether oxygens (including phenoxy) is 2. The van der Waals surface area contributed by atoms with Crippen LogP contribution in [0, 0.1) is 0 Å². The molecule has 0 radical (unpaired) electrons. The summed E-state index contributed by atoms with van der Waals surface area (Å²) in [6.07, 6.45) is 0.691. The lowest BCUT2D eigenvalue weighted by Crippen LogP contribution is -2.36. The smallest absolute Gasteiger partial charge is 0.302 e. The van der Waals surface area contributed by atoms with Crippen LogP contribution in [0.5, 0.6) is 5.75 Å². The molecule has 1 amide bonds. The van der Waals surface area contributed by atoms with Gasteiger partial charge >= 0.3 is 5.97 Å². The van der Waals surface area contributed by atoms with Crippen molar-refractivity contribution in [3.63, 3.8) is 0 Å². The number of fused-ring (bicyclic) bond motifs is 2. The zero-order valence-electron chi connectivity index (χ0n) is 13.5. The predicted octanol–water partition coefficient (Wildman–Crippen LogP) is 1.99. The molecule has 1 aromatic rings. The van der Waals surface area contributed by atoms with Gasteiger partial charge in [-0.15, -0.1) is 0 Å². The van der Waals surface area contributed by atoms with Crippen molar-refractivity contribution in [3.05, 3.63) is 22.7 Å². The molecule has 3 rings (SSSR count). The molecule has 0 saturated carbocycles. The maximum atomic E-state index is 12.0. The number of nitrogens with one attached hydrogen (secondary N) is 1. The summed E-state index contributed by atoms with van der Waals surface area (Å²) < 4.78 is 10.4. The van der Waals surface area contributed by atoms with Gasteiger partial charge < -0.3 is 14.4 Å². The molecule has 1 saturated heterocycles. The minimum Gasteiger partial charge on any atom is -0.488 e. The van der Waals surface area contributed by atoms with Gasteiger partial charge in [0.25, 0.3) is 0 Å². The zero-order chi connectivity index (χ0) is 17.3. The number of esters is 1. The summed E-state index contributed by atoms with van der Waals surface area (Å²) in [6, 6.07) is 3.29. The highest BCUT2D eigenvalue weighted by atomic mass is 35.5. The summed E-state index contributed by atoms with van der Waals surface area (Å²) in [5, 5.41) is 3.26. The van der Waals surface area contributed by atoms with Crippen LogP contribution in [0.2, 0.25) is 5.02 Å². The van der Waals surface area contributed by atoms with Gasteiger partial charge in [-0.05, 0) is 18.6 Å². The van der Waals surface area contributed by atoms with Gasteiger partial charge in [-0.25, -0.2) is 4.99 Å². The van der Waals surface area contributed by atoms with Crippen molar-refractivity contribution in [3.8, 4) is 5.75 Å². The Labute approximate surface area is 144 Å². The minimum absolute atomic E-state index is 0.0435. The second kappa shape index (κ2) is 6.68. The van der Waals surface area contributed by atoms with Crippen LogP contribution in [0.3, 0.4) is 0 Å². The van der Waals surface area contributed by atoms with E-state index in [9.17, 15) is 9.59 Å². The molecule has 128 valence electrons. The molecule has 1 fully saturated rings. The van der Waals surface area contributed by atoms with E-state index < -0.39 is 0 Å². The topological polar surface area (TPSA) is 80.2 Å². The Morgan fingerprint density at radius 1 is 1.46 bits per heavy atom. The van der Waals surface area contributed by atoms with Crippen molar-refractivity contribution in [2.45, 2.75) is 32.9 Å². The number of hydrogen-bond acceptors (Lipinski definition) is 6. The fourth-order valence-corrected chi connectivity index (χ4v) is 3.09. The first-order valence-electron chi connectivity index (χ1n) is 7.75. The maximum Gasteiger partial charge on any atom is 0.302 e. The van der Waals surface area contributed by atoms with Gasteiger partial charge in [-0.2, -0.15) is 0 Å². The van der Waals surface area contributed by atoms with E-state index in [2.05, 4.69) is 10.3 Å². The average Bonchev–Trinajstić information content (AvgIpc) is 2.85. The van der Waals surface area contributed by atoms with Gasteiger partial charge in [0, 0.05) is 12.5 Å². The summed E-state index contributed by atoms with van der Waals surface area (Å²) in [6.45, 7) is 4.17. The summed E-state index contributed by atoms with van der Waals surface area (Å²) >= 11 is 6.45. The standard InChI is InChI=1S/C16H18ClN3O4/c1-3-12-15(22)19-16-18-11-4-5-13(24-7-6-23-9(2)21)14(17)10(11)8-20(12)16/h4-5,12H,3,6-8H2,1-2H3,(H,18,19,22). The second-order valence-corrected chi connectivity index (χ2v) is 5.92.